The van der Waals surface area contributed by atoms with E-state index in [1.807, 2.05) is 40.2 Å². The molecule has 80 valence electrons. The third-order valence-corrected chi connectivity index (χ3v) is 3.76. The van der Waals surface area contributed by atoms with Crippen LogP contribution in [-0.2, 0) is 0 Å². The first-order chi connectivity index (χ1) is 7.74. The molecule has 5 heteroatoms. The summed E-state index contributed by atoms with van der Waals surface area (Å²) in [6.45, 7) is 0. The summed E-state index contributed by atoms with van der Waals surface area (Å²) < 4.78 is 2.97. The smallest absolute Gasteiger partial charge is 0.195 e. The Hall–Kier alpha value is -1.33. The number of nitrogens with two attached hydrogens (primary N) is 1. The second-order valence-electron chi connectivity index (χ2n) is 3.45. The molecule has 0 aliphatic heterocycles. The number of aromatic nitrogens is 2. The minimum Gasteiger partial charge on any atom is -0.384 e. The van der Waals surface area contributed by atoms with Gasteiger partial charge >= 0.3 is 0 Å². The summed E-state index contributed by atoms with van der Waals surface area (Å²) in [6, 6.07) is 8.08. The summed E-state index contributed by atoms with van der Waals surface area (Å²) in [5.41, 5.74) is 7.86. The highest BCUT2D eigenvalue weighted by molar-refractivity contribution is 9.10. The molecule has 0 spiro atoms. The third kappa shape index (κ3) is 1.52. The van der Waals surface area contributed by atoms with Gasteiger partial charge in [0.1, 0.15) is 5.82 Å². The second-order valence-corrected chi connectivity index (χ2v) is 5.20. The van der Waals surface area contributed by atoms with Gasteiger partial charge in [-0.2, -0.15) is 0 Å². The van der Waals surface area contributed by atoms with Crippen LogP contribution in [0.2, 0.25) is 0 Å². The molecule has 3 rings (SSSR count). The van der Waals surface area contributed by atoms with E-state index in [0.29, 0.717) is 0 Å². The van der Waals surface area contributed by atoms with Crippen molar-refractivity contribution in [1.82, 2.24) is 9.38 Å². The van der Waals surface area contributed by atoms with Crippen molar-refractivity contribution in [3.8, 4) is 11.3 Å². The Balaban J connectivity index is 2.15. The fourth-order valence-electron chi connectivity index (χ4n) is 1.56. The Bertz CT molecular complexity index is 639. The molecule has 3 aromatic rings. The number of anilines is 1. The molecular formula is C11H8BrN3S. The van der Waals surface area contributed by atoms with Gasteiger partial charge in [-0.05, 0) is 12.1 Å². The number of nitrogens with zero attached hydrogens (tertiary/aromatic N) is 2. The van der Waals surface area contributed by atoms with Gasteiger partial charge in [0.2, 0.25) is 0 Å². The van der Waals surface area contributed by atoms with E-state index < -0.39 is 0 Å². The van der Waals surface area contributed by atoms with E-state index in [1.165, 1.54) is 0 Å². The van der Waals surface area contributed by atoms with Crippen molar-refractivity contribution in [1.29, 1.82) is 0 Å². The highest BCUT2D eigenvalue weighted by atomic mass is 79.9. The summed E-state index contributed by atoms with van der Waals surface area (Å²) in [5, 5.41) is 1.90. The van der Waals surface area contributed by atoms with Crippen LogP contribution in [0.5, 0.6) is 0 Å². The Morgan fingerprint density at radius 2 is 2.00 bits per heavy atom. The summed E-state index contributed by atoms with van der Waals surface area (Å²) in [7, 11) is 0. The highest BCUT2D eigenvalue weighted by Crippen LogP contribution is 2.25. The van der Waals surface area contributed by atoms with Crippen molar-refractivity contribution in [3.05, 3.63) is 40.3 Å². The summed E-state index contributed by atoms with van der Waals surface area (Å²) in [5.74, 6) is 0.732. The van der Waals surface area contributed by atoms with Crippen LogP contribution in [0.25, 0.3) is 16.2 Å². The minimum atomic E-state index is 0.732. The third-order valence-electron chi connectivity index (χ3n) is 2.38. The van der Waals surface area contributed by atoms with Crippen LogP contribution in [0.3, 0.4) is 0 Å². The molecule has 0 bridgehead atoms. The zero-order valence-electron chi connectivity index (χ0n) is 8.22. The molecule has 0 saturated heterocycles. The van der Waals surface area contributed by atoms with Gasteiger partial charge in [0.05, 0.1) is 5.69 Å². The van der Waals surface area contributed by atoms with Crippen molar-refractivity contribution in [2.45, 2.75) is 0 Å². The van der Waals surface area contributed by atoms with Gasteiger partial charge in [-0.15, -0.1) is 11.3 Å². The van der Waals surface area contributed by atoms with Gasteiger partial charge in [0.25, 0.3) is 0 Å². The molecule has 0 fully saturated rings. The van der Waals surface area contributed by atoms with E-state index >= 15 is 0 Å². The maximum atomic E-state index is 5.82. The molecule has 3 nitrogen and oxygen atoms in total. The molecule has 2 heterocycles. The fourth-order valence-corrected chi connectivity index (χ4v) is 2.59. The zero-order chi connectivity index (χ0) is 11.1. The first-order valence-corrected chi connectivity index (χ1v) is 6.39. The first-order valence-electron chi connectivity index (χ1n) is 4.72. The quantitative estimate of drug-likeness (QED) is 0.747. The maximum absolute atomic E-state index is 5.82. The highest BCUT2D eigenvalue weighted by Gasteiger charge is 2.07. The van der Waals surface area contributed by atoms with E-state index in [2.05, 4.69) is 20.9 Å². The number of hydrogen-bond donors (Lipinski definition) is 1. The van der Waals surface area contributed by atoms with Crippen molar-refractivity contribution in [2.24, 2.45) is 0 Å². The molecule has 0 unspecified atom stereocenters. The van der Waals surface area contributed by atoms with Crippen LogP contribution >= 0.6 is 27.3 Å². The largest absolute Gasteiger partial charge is 0.384 e. The molecule has 0 aliphatic carbocycles. The van der Waals surface area contributed by atoms with Gasteiger partial charge in [-0.3, -0.25) is 4.40 Å². The molecule has 16 heavy (non-hydrogen) atoms. The van der Waals surface area contributed by atoms with Crippen LogP contribution in [0, 0.1) is 0 Å². The SMILES string of the molecule is Nc1csc2nc(-c3ccc(Br)cc3)cn12. The lowest BCUT2D eigenvalue weighted by Gasteiger charge is -1.95. The molecule has 0 saturated carbocycles. The summed E-state index contributed by atoms with van der Waals surface area (Å²) in [6.07, 6.45) is 1.96. The first kappa shape index (κ1) is 9.86. The minimum absolute atomic E-state index is 0.732. The summed E-state index contributed by atoms with van der Waals surface area (Å²) in [4.78, 5) is 5.45. The van der Waals surface area contributed by atoms with Crippen molar-refractivity contribution in [3.63, 3.8) is 0 Å². The number of rotatable bonds is 1. The number of hydrogen-bond acceptors (Lipinski definition) is 3. The number of thiazole rings is 1. The van der Waals surface area contributed by atoms with Crippen LogP contribution in [-0.4, -0.2) is 9.38 Å². The Morgan fingerprint density at radius 1 is 1.25 bits per heavy atom. The van der Waals surface area contributed by atoms with Gasteiger partial charge in [-0.25, -0.2) is 4.98 Å². The molecular weight excluding hydrogens is 286 g/mol. The fraction of sp³-hybridized carbons (Fsp3) is 0. The predicted octanol–water partition coefficient (Wildman–Crippen LogP) is 3.41. The van der Waals surface area contributed by atoms with Gasteiger partial charge in [0.15, 0.2) is 4.96 Å². The molecule has 0 atom stereocenters. The average molecular weight is 294 g/mol. The zero-order valence-corrected chi connectivity index (χ0v) is 10.6. The monoisotopic (exact) mass is 293 g/mol. The van der Waals surface area contributed by atoms with E-state index in [9.17, 15) is 0 Å². The number of nitrogen functional groups attached to an aromatic ring is 1. The maximum Gasteiger partial charge on any atom is 0.195 e. The van der Waals surface area contributed by atoms with Crippen molar-refractivity contribution < 1.29 is 0 Å². The van der Waals surface area contributed by atoms with Crippen LogP contribution in [0.15, 0.2) is 40.3 Å². The molecule has 0 amide bonds. The van der Waals surface area contributed by atoms with E-state index in [4.69, 9.17) is 5.73 Å². The van der Waals surface area contributed by atoms with Crippen LogP contribution < -0.4 is 5.73 Å². The lowest BCUT2D eigenvalue weighted by molar-refractivity contribution is 1.24. The van der Waals surface area contributed by atoms with Gasteiger partial charge < -0.3 is 5.73 Å². The number of fused-ring (bicyclic) bond motifs is 1. The lowest BCUT2D eigenvalue weighted by Crippen LogP contribution is -1.87. The predicted molar refractivity (Wildman–Crippen MR) is 70.6 cm³/mol. The van der Waals surface area contributed by atoms with E-state index in [0.717, 1.165) is 26.5 Å². The van der Waals surface area contributed by atoms with E-state index in [1.54, 1.807) is 11.3 Å². The average Bonchev–Trinajstić information content (AvgIpc) is 2.83. The number of benzene rings is 1. The normalized spacial score (nSPS) is 11.1. The Labute approximate surface area is 105 Å². The lowest BCUT2D eigenvalue weighted by atomic mass is 10.2. The van der Waals surface area contributed by atoms with Crippen molar-refractivity contribution in [2.75, 3.05) is 5.73 Å². The summed E-state index contributed by atoms with van der Waals surface area (Å²) >= 11 is 4.96. The molecule has 1 aromatic carbocycles. The van der Waals surface area contributed by atoms with E-state index in [-0.39, 0.29) is 0 Å². The molecule has 0 aliphatic rings. The van der Waals surface area contributed by atoms with Crippen molar-refractivity contribution >= 4 is 38.0 Å². The second kappa shape index (κ2) is 3.61. The van der Waals surface area contributed by atoms with Gasteiger partial charge in [-0.1, -0.05) is 28.1 Å². The molecule has 2 N–H and O–H groups in total. The Morgan fingerprint density at radius 3 is 2.69 bits per heavy atom. The number of halogens is 1. The molecule has 0 radical (unpaired) electrons. The van der Waals surface area contributed by atoms with Crippen LogP contribution in [0.4, 0.5) is 5.82 Å². The molecule has 2 aromatic heterocycles. The van der Waals surface area contributed by atoms with Crippen LogP contribution in [0.1, 0.15) is 0 Å². The Kier molecular flexibility index (Phi) is 2.22. The van der Waals surface area contributed by atoms with Gasteiger partial charge in [0, 0.05) is 21.6 Å². The topological polar surface area (TPSA) is 43.3 Å². The standard InChI is InChI=1S/C11H8BrN3S/c12-8-3-1-7(2-4-8)9-5-15-10(13)6-16-11(15)14-9/h1-6H,13H2. The number of imidazole rings is 1.